The molecule has 1 aliphatic carbocycles. The predicted molar refractivity (Wildman–Crippen MR) is 91.2 cm³/mol. The summed E-state index contributed by atoms with van der Waals surface area (Å²) >= 11 is 0. The van der Waals surface area contributed by atoms with Crippen molar-refractivity contribution < 1.29 is 28.8 Å². The molecule has 1 saturated carbocycles. The second-order valence-electron chi connectivity index (χ2n) is 9.12. The van der Waals surface area contributed by atoms with E-state index in [4.69, 9.17) is 29.7 Å². The van der Waals surface area contributed by atoms with Crippen molar-refractivity contribution in [2.24, 2.45) is 29.4 Å². The van der Waals surface area contributed by atoms with Crippen molar-refractivity contribution in [3.63, 3.8) is 0 Å². The van der Waals surface area contributed by atoms with Crippen LogP contribution in [0, 0.1) is 23.7 Å². The highest BCUT2D eigenvalue weighted by Gasteiger charge is 2.74. The van der Waals surface area contributed by atoms with Gasteiger partial charge in [-0.25, -0.2) is 9.78 Å². The molecule has 0 aromatic heterocycles. The molecule has 0 radical (unpaired) electrons. The van der Waals surface area contributed by atoms with Gasteiger partial charge in [0.05, 0.1) is 11.5 Å². The Morgan fingerprint density at radius 1 is 1.19 bits per heavy atom. The van der Waals surface area contributed by atoms with Crippen LogP contribution in [0.25, 0.3) is 0 Å². The first-order valence-corrected chi connectivity index (χ1v) is 9.82. The summed E-state index contributed by atoms with van der Waals surface area (Å²) in [7, 11) is 0. The summed E-state index contributed by atoms with van der Waals surface area (Å²) in [4.78, 5) is 24.0. The van der Waals surface area contributed by atoms with E-state index in [1.165, 1.54) is 0 Å². The van der Waals surface area contributed by atoms with Gasteiger partial charge in [0, 0.05) is 18.3 Å². The van der Waals surface area contributed by atoms with E-state index >= 15 is 0 Å². The van der Waals surface area contributed by atoms with Crippen molar-refractivity contribution in [1.82, 2.24) is 0 Å². The number of esters is 1. The summed E-state index contributed by atoms with van der Waals surface area (Å²) in [6.45, 7) is 9.67. The molecule has 0 aromatic carbocycles. The molecule has 7 heteroatoms. The number of carbonyl (C=O) groups is 1. The van der Waals surface area contributed by atoms with E-state index in [1.807, 2.05) is 27.7 Å². The highest BCUT2D eigenvalue weighted by Crippen LogP contribution is 2.61. The van der Waals surface area contributed by atoms with Crippen LogP contribution in [0.4, 0.5) is 0 Å². The van der Waals surface area contributed by atoms with Gasteiger partial charge in [-0.3, -0.25) is 4.79 Å². The normalized spacial score (nSPS) is 53.1. The molecule has 2 unspecified atom stereocenters. The zero-order valence-electron chi connectivity index (χ0n) is 16.3. The van der Waals surface area contributed by atoms with E-state index in [0.717, 1.165) is 19.3 Å². The van der Waals surface area contributed by atoms with Crippen LogP contribution < -0.4 is 5.73 Å². The third-order valence-corrected chi connectivity index (χ3v) is 7.15. The Morgan fingerprint density at radius 3 is 2.62 bits per heavy atom. The minimum Gasteiger partial charge on any atom is -0.435 e. The number of rotatable bonds is 2. The molecular weight excluding hydrogens is 338 g/mol. The Kier molecular flexibility index (Phi) is 4.21. The SMILES string of the molecule is CC(C)C(=O)OC1O[C@@H]2O[C@]3(C)CC[C@@]4(N)[C@H](C)CCC([C@H]1C)[C@@]24OO3. The molecule has 4 aliphatic heterocycles. The van der Waals surface area contributed by atoms with E-state index in [-0.39, 0.29) is 29.6 Å². The van der Waals surface area contributed by atoms with E-state index in [9.17, 15) is 4.79 Å². The maximum Gasteiger partial charge on any atom is 0.310 e. The van der Waals surface area contributed by atoms with Crippen LogP contribution in [0.15, 0.2) is 0 Å². The fraction of sp³-hybridized carbons (Fsp3) is 0.947. The predicted octanol–water partition coefficient (Wildman–Crippen LogP) is 2.47. The van der Waals surface area contributed by atoms with Gasteiger partial charge in [0.1, 0.15) is 0 Å². The lowest BCUT2D eigenvalue weighted by atomic mass is 9.54. The molecule has 0 aromatic rings. The Labute approximate surface area is 154 Å². The second kappa shape index (κ2) is 5.88. The van der Waals surface area contributed by atoms with Crippen molar-refractivity contribution in [3.05, 3.63) is 0 Å². The Balaban J connectivity index is 1.73. The number of hydrogen-bond acceptors (Lipinski definition) is 7. The third-order valence-electron chi connectivity index (χ3n) is 7.15. The lowest BCUT2D eigenvalue weighted by Crippen LogP contribution is -2.79. The van der Waals surface area contributed by atoms with E-state index in [0.29, 0.717) is 6.42 Å². The Hall–Kier alpha value is -0.730. The third kappa shape index (κ3) is 2.34. The van der Waals surface area contributed by atoms with E-state index < -0.39 is 29.5 Å². The highest BCUT2D eigenvalue weighted by atomic mass is 17.3. The molecule has 1 spiro atoms. The van der Waals surface area contributed by atoms with Crippen molar-refractivity contribution in [2.45, 2.75) is 89.8 Å². The first-order chi connectivity index (χ1) is 12.1. The molecule has 2 bridgehead atoms. The first-order valence-electron chi connectivity index (χ1n) is 9.82. The molecule has 148 valence electrons. The lowest BCUT2D eigenvalue weighted by molar-refractivity contribution is -0.577. The molecule has 26 heavy (non-hydrogen) atoms. The summed E-state index contributed by atoms with van der Waals surface area (Å²) in [6.07, 6.45) is 1.87. The van der Waals surface area contributed by atoms with Gasteiger partial charge >= 0.3 is 5.97 Å². The molecule has 5 rings (SSSR count). The number of carbonyl (C=O) groups excluding carboxylic acids is 1. The molecule has 7 nitrogen and oxygen atoms in total. The van der Waals surface area contributed by atoms with Gasteiger partial charge in [-0.2, -0.15) is 0 Å². The molecule has 5 fully saturated rings. The van der Waals surface area contributed by atoms with Crippen LogP contribution in [0.5, 0.6) is 0 Å². The van der Waals surface area contributed by atoms with Gasteiger partial charge in [-0.15, -0.1) is 0 Å². The fourth-order valence-electron chi connectivity index (χ4n) is 5.28. The smallest absolute Gasteiger partial charge is 0.310 e. The topological polar surface area (TPSA) is 89.2 Å². The average Bonchev–Trinajstić information content (AvgIpc) is 2.76. The van der Waals surface area contributed by atoms with Crippen molar-refractivity contribution >= 4 is 5.97 Å². The average molecular weight is 369 g/mol. The quantitative estimate of drug-likeness (QED) is 0.591. The fourth-order valence-corrected chi connectivity index (χ4v) is 5.28. The number of fused-ring (bicyclic) bond motifs is 2. The summed E-state index contributed by atoms with van der Waals surface area (Å²) in [5.74, 6) is -1.20. The van der Waals surface area contributed by atoms with E-state index in [1.54, 1.807) is 0 Å². The zero-order valence-corrected chi connectivity index (χ0v) is 16.3. The molecule has 2 N–H and O–H groups in total. The van der Waals surface area contributed by atoms with Gasteiger partial charge < -0.3 is 19.9 Å². The summed E-state index contributed by atoms with van der Waals surface area (Å²) < 4.78 is 18.1. The monoisotopic (exact) mass is 369 g/mol. The van der Waals surface area contributed by atoms with Gasteiger partial charge in [0.2, 0.25) is 12.1 Å². The maximum absolute atomic E-state index is 12.2. The van der Waals surface area contributed by atoms with Crippen LogP contribution in [0.1, 0.15) is 60.3 Å². The van der Waals surface area contributed by atoms with Gasteiger partial charge in [-0.1, -0.05) is 27.7 Å². The Morgan fingerprint density at radius 2 is 1.92 bits per heavy atom. The van der Waals surface area contributed by atoms with Crippen LogP contribution in [0.3, 0.4) is 0 Å². The lowest BCUT2D eigenvalue weighted by Gasteiger charge is -2.63. The summed E-state index contributed by atoms with van der Waals surface area (Å²) in [5.41, 5.74) is 5.51. The van der Waals surface area contributed by atoms with Crippen molar-refractivity contribution in [1.29, 1.82) is 0 Å². The molecule has 4 heterocycles. The number of ether oxygens (including phenoxy) is 3. The van der Waals surface area contributed by atoms with Gasteiger partial charge in [-0.05, 0) is 32.1 Å². The highest BCUT2D eigenvalue weighted by molar-refractivity contribution is 5.71. The van der Waals surface area contributed by atoms with Crippen molar-refractivity contribution in [2.75, 3.05) is 0 Å². The number of nitrogens with two attached hydrogens (primary N) is 1. The molecule has 5 aliphatic rings. The minimum absolute atomic E-state index is 0.0232. The Bertz CT molecular complexity index is 599. The molecular formula is C19H31NO6. The second-order valence-corrected chi connectivity index (χ2v) is 9.12. The van der Waals surface area contributed by atoms with Gasteiger partial charge in [0.25, 0.3) is 0 Å². The minimum atomic E-state index is -0.906. The van der Waals surface area contributed by atoms with Crippen LogP contribution in [-0.2, 0) is 28.8 Å². The molecule has 8 atom stereocenters. The standard InChI is InChI=1S/C19H31NO6/c1-10(2)14(21)22-15-12(4)13-7-6-11(3)18(20)9-8-17(5)24-16(23-15)19(13,18)26-25-17/h10-13,15-16H,6-9,20H2,1-5H3/t11-,12-,13?,15?,16-,17+,18-,19-/m1/s1. The maximum atomic E-state index is 12.2. The zero-order chi connectivity index (χ0) is 18.9. The first kappa shape index (κ1) is 18.6. The molecule has 0 amide bonds. The van der Waals surface area contributed by atoms with Crippen molar-refractivity contribution in [3.8, 4) is 0 Å². The van der Waals surface area contributed by atoms with Crippen LogP contribution in [0.2, 0.25) is 0 Å². The summed E-state index contributed by atoms with van der Waals surface area (Å²) in [6, 6.07) is 0. The summed E-state index contributed by atoms with van der Waals surface area (Å²) in [5, 5.41) is 0. The van der Waals surface area contributed by atoms with Crippen LogP contribution in [-0.4, -0.2) is 35.5 Å². The van der Waals surface area contributed by atoms with E-state index in [2.05, 4.69) is 6.92 Å². The largest absolute Gasteiger partial charge is 0.435 e. The number of hydrogen-bond donors (Lipinski definition) is 1. The van der Waals surface area contributed by atoms with Crippen LogP contribution >= 0.6 is 0 Å². The molecule has 4 saturated heterocycles. The van der Waals surface area contributed by atoms with Gasteiger partial charge in [0.15, 0.2) is 11.9 Å².